The molecule has 0 aliphatic carbocycles. The SMILES string of the molecule is CC(C)C[C@@H](NC(=O)CSc1nnnn1-c1cccc(Cl)c1)c1ccccc1. The Labute approximate surface area is 173 Å². The van der Waals surface area contributed by atoms with Crippen LogP contribution in [0.4, 0.5) is 0 Å². The summed E-state index contributed by atoms with van der Waals surface area (Å²) in [5.74, 6) is 0.635. The Morgan fingerprint density at radius 2 is 1.96 bits per heavy atom. The molecule has 0 radical (unpaired) electrons. The molecule has 0 saturated carbocycles. The standard InChI is InChI=1S/C20H22ClN5OS/c1-14(2)11-18(15-7-4-3-5-8-15)22-19(27)13-28-20-23-24-25-26(20)17-10-6-9-16(21)12-17/h3-10,12,14,18H,11,13H2,1-2H3,(H,22,27)/t18-/m1/s1. The third kappa shape index (κ3) is 5.56. The van der Waals surface area contributed by atoms with E-state index in [2.05, 4.69) is 34.7 Å². The van der Waals surface area contributed by atoms with Gasteiger partial charge in [-0.15, -0.1) is 5.10 Å². The average molecular weight is 416 g/mol. The minimum atomic E-state index is -0.0554. The van der Waals surface area contributed by atoms with Crippen molar-refractivity contribution in [1.82, 2.24) is 25.5 Å². The van der Waals surface area contributed by atoms with Crippen LogP contribution in [0.5, 0.6) is 0 Å². The molecule has 1 heterocycles. The Kier molecular flexibility index (Phi) is 7.06. The zero-order valence-electron chi connectivity index (χ0n) is 15.7. The van der Waals surface area contributed by atoms with Crippen molar-refractivity contribution in [1.29, 1.82) is 0 Å². The van der Waals surface area contributed by atoms with Gasteiger partial charge in [0.25, 0.3) is 0 Å². The van der Waals surface area contributed by atoms with Gasteiger partial charge < -0.3 is 5.32 Å². The van der Waals surface area contributed by atoms with Crippen molar-refractivity contribution >= 4 is 29.3 Å². The van der Waals surface area contributed by atoms with Gasteiger partial charge in [-0.3, -0.25) is 4.79 Å². The van der Waals surface area contributed by atoms with Crippen LogP contribution in [-0.4, -0.2) is 31.9 Å². The van der Waals surface area contributed by atoms with E-state index in [0.29, 0.717) is 16.1 Å². The molecule has 1 amide bonds. The van der Waals surface area contributed by atoms with Crippen LogP contribution >= 0.6 is 23.4 Å². The van der Waals surface area contributed by atoms with Gasteiger partial charge in [0, 0.05) is 5.02 Å². The van der Waals surface area contributed by atoms with Crippen LogP contribution < -0.4 is 5.32 Å². The first-order valence-electron chi connectivity index (χ1n) is 9.04. The molecule has 1 N–H and O–H groups in total. The van der Waals surface area contributed by atoms with Crippen molar-refractivity contribution in [3.05, 3.63) is 65.2 Å². The molecule has 0 bridgehead atoms. The van der Waals surface area contributed by atoms with E-state index in [4.69, 9.17) is 11.6 Å². The summed E-state index contributed by atoms with van der Waals surface area (Å²) >= 11 is 7.34. The highest BCUT2D eigenvalue weighted by Gasteiger charge is 2.17. The molecule has 1 atom stereocenters. The fourth-order valence-electron chi connectivity index (χ4n) is 2.84. The van der Waals surface area contributed by atoms with Gasteiger partial charge >= 0.3 is 0 Å². The number of hydrogen-bond acceptors (Lipinski definition) is 5. The summed E-state index contributed by atoms with van der Waals surface area (Å²) in [5.41, 5.74) is 1.86. The Morgan fingerprint density at radius 3 is 2.68 bits per heavy atom. The van der Waals surface area contributed by atoms with Crippen LogP contribution in [0.15, 0.2) is 59.8 Å². The molecule has 0 aliphatic rings. The van der Waals surface area contributed by atoms with Gasteiger partial charge in [-0.05, 0) is 46.5 Å². The summed E-state index contributed by atoms with van der Waals surface area (Å²) in [4.78, 5) is 12.6. The van der Waals surface area contributed by atoms with Crippen molar-refractivity contribution in [3.63, 3.8) is 0 Å². The molecule has 2 aromatic carbocycles. The Balaban J connectivity index is 1.65. The lowest BCUT2D eigenvalue weighted by molar-refractivity contribution is -0.119. The van der Waals surface area contributed by atoms with Crippen molar-refractivity contribution in [2.24, 2.45) is 5.92 Å². The Morgan fingerprint density at radius 1 is 1.18 bits per heavy atom. The van der Waals surface area contributed by atoms with Gasteiger partial charge in [-0.1, -0.05) is 73.6 Å². The summed E-state index contributed by atoms with van der Waals surface area (Å²) in [5, 5.41) is 16.0. The fourth-order valence-corrected chi connectivity index (χ4v) is 3.73. The molecule has 0 aliphatic heterocycles. The Bertz CT molecular complexity index is 916. The topological polar surface area (TPSA) is 72.7 Å². The number of nitrogens with zero attached hydrogens (tertiary/aromatic N) is 4. The highest BCUT2D eigenvalue weighted by molar-refractivity contribution is 7.99. The van der Waals surface area contributed by atoms with Gasteiger partial charge in [0.05, 0.1) is 17.5 Å². The van der Waals surface area contributed by atoms with Crippen molar-refractivity contribution in [2.75, 3.05) is 5.75 Å². The van der Waals surface area contributed by atoms with Gasteiger partial charge in [-0.25, -0.2) is 0 Å². The van der Waals surface area contributed by atoms with Crippen LogP contribution in [-0.2, 0) is 4.79 Å². The molecule has 0 unspecified atom stereocenters. The average Bonchev–Trinajstić information content (AvgIpc) is 3.15. The molecular formula is C20H22ClN5OS. The van der Waals surface area contributed by atoms with Crippen LogP contribution in [0.1, 0.15) is 31.9 Å². The van der Waals surface area contributed by atoms with E-state index >= 15 is 0 Å². The minimum Gasteiger partial charge on any atom is -0.349 e. The molecular weight excluding hydrogens is 394 g/mol. The summed E-state index contributed by atoms with van der Waals surface area (Å²) in [6.45, 7) is 4.30. The zero-order valence-corrected chi connectivity index (χ0v) is 17.3. The lowest BCUT2D eigenvalue weighted by Crippen LogP contribution is -2.31. The number of rotatable bonds is 8. The number of nitrogens with one attached hydrogen (secondary N) is 1. The zero-order chi connectivity index (χ0) is 19.9. The van der Waals surface area contributed by atoms with E-state index in [1.807, 2.05) is 42.5 Å². The van der Waals surface area contributed by atoms with Crippen molar-refractivity contribution in [3.8, 4) is 5.69 Å². The van der Waals surface area contributed by atoms with Crippen molar-refractivity contribution < 1.29 is 4.79 Å². The third-order valence-electron chi connectivity index (χ3n) is 4.07. The summed E-state index contributed by atoms with van der Waals surface area (Å²) in [6, 6.07) is 17.3. The quantitative estimate of drug-likeness (QED) is 0.555. The molecule has 3 rings (SSSR count). The molecule has 3 aromatic rings. The number of thioether (sulfide) groups is 1. The maximum Gasteiger partial charge on any atom is 0.230 e. The second-order valence-corrected chi connectivity index (χ2v) is 8.18. The number of tetrazole rings is 1. The molecule has 28 heavy (non-hydrogen) atoms. The normalized spacial score (nSPS) is 12.1. The monoisotopic (exact) mass is 415 g/mol. The highest BCUT2D eigenvalue weighted by Crippen LogP contribution is 2.23. The smallest absolute Gasteiger partial charge is 0.230 e. The molecule has 0 saturated heterocycles. The van der Waals surface area contributed by atoms with E-state index in [-0.39, 0.29) is 17.7 Å². The molecule has 6 nitrogen and oxygen atoms in total. The van der Waals surface area contributed by atoms with Gasteiger partial charge in [0.2, 0.25) is 11.1 Å². The minimum absolute atomic E-state index is 0.0155. The van der Waals surface area contributed by atoms with Gasteiger partial charge in [-0.2, -0.15) is 4.68 Å². The first-order valence-corrected chi connectivity index (χ1v) is 10.4. The predicted molar refractivity (Wildman–Crippen MR) is 112 cm³/mol. The first-order chi connectivity index (χ1) is 13.5. The number of amides is 1. The van der Waals surface area contributed by atoms with E-state index in [1.165, 1.54) is 11.8 Å². The van der Waals surface area contributed by atoms with Crippen LogP contribution in [0.2, 0.25) is 5.02 Å². The number of carbonyl (C=O) groups is 1. The molecule has 8 heteroatoms. The molecule has 0 spiro atoms. The number of aromatic nitrogens is 4. The van der Waals surface area contributed by atoms with Crippen LogP contribution in [0.3, 0.4) is 0 Å². The number of benzene rings is 2. The number of halogens is 1. The predicted octanol–water partition coefficient (Wildman–Crippen LogP) is 4.31. The van der Waals surface area contributed by atoms with E-state index in [0.717, 1.165) is 17.7 Å². The number of hydrogen-bond donors (Lipinski definition) is 1. The fraction of sp³-hybridized carbons (Fsp3) is 0.300. The second kappa shape index (κ2) is 9.71. The summed E-state index contributed by atoms with van der Waals surface area (Å²) in [7, 11) is 0. The molecule has 1 aromatic heterocycles. The van der Waals surface area contributed by atoms with E-state index in [1.54, 1.807) is 16.8 Å². The maximum atomic E-state index is 12.6. The largest absolute Gasteiger partial charge is 0.349 e. The van der Waals surface area contributed by atoms with Gasteiger partial charge in [0.15, 0.2) is 0 Å². The van der Waals surface area contributed by atoms with Crippen LogP contribution in [0.25, 0.3) is 5.69 Å². The van der Waals surface area contributed by atoms with E-state index in [9.17, 15) is 4.79 Å². The van der Waals surface area contributed by atoms with Crippen molar-refractivity contribution in [2.45, 2.75) is 31.5 Å². The Hall–Kier alpha value is -2.38. The third-order valence-corrected chi connectivity index (χ3v) is 5.22. The van der Waals surface area contributed by atoms with Gasteiger partial charge in [0.1, 0.15) is 0 Å². The maximum absolute atomic E-state index is 12.6. The number of carbonyl (C=O) groups excluding carboxylic acids is 1. The highest BCUT2D eigenvalue weighted by atomic mass is 35.5. The first kappa shape index (κ1) is 20.4. The lowest BCUT2D eigenvalue weighted by Gasteiger charge is -2.21. The summed E-state index contributed by atoms with van der Waals surface area (Å²) < 4.78 is 1.58. The van der Waals surface area contributed by atoms with Crippen LogP contribution in [0, 0.1) is 5.92 Å². The lowest BCUT2D eigenvalue weighted by atomic mass is 9.97. The second-order valence-electron chi connectivity index (χ2n) is 6.80. The molecule has 0 fully saturated rings. The summed E-state index contributed by atoms with van der Waals surface area (Å²) in [6.07, 6.45) is 0.876. The molecule has 146 valence electrons. The van der Waals surface area contributed by atoms with E-state index < -0.39 is 0 Å².